The number of nitrogens with one attached hydrogen (secondary N) is 2. The van der Waals surface area contributed by atoms with Gasteiger partial charge in [0.1, 0.15) is 11.6 Å². The van der Waals surface area contributed by atoms with Crippen molar-refractivity contribution in [3.8, 4) is 6.07 Å². The largest absolute Gasteiger partial charge is 0.371 e. The molecular formula is C26H28N4O. The fourth-order valence-corrected chi connectivity index (χ4v) is 4.33. The normalized spacial score (nSPS) is 14.1. The molecule has 0 atom stereocenters. The Morgan fingerprint density at radius 1 is 1.16 bits per heavy atom. The van der Waals surface area contributed by atoms with Gasteiger partial charge in [-0.25, -0.2) is 0 Å². The van der Waals surface area contributed by atoms with Gasteiger partial charge in [-0.15, -0.1) is 0 Å². The molecule has 0 unspecified atom stereocenters. The van der Waals surface area contributed by atoms with E-state index in [0.29, 0.717) is 13.0 Å². The highest BCUT2D eigenvalue weighted by molar-refractivity contribution is 6.02. The van der Waals surface area contributed by atoms with E-state index in [4.69, 9.17) is 0 Å². The SMILES string of the molecule is Cc1c(C=C(C#N)C(=O)NCCc2c[nH]c3ccccc23)ccc(N2CCCC2)c1C. The molecule has 0 spiro atoms. The number of H-pyrrole nitrogens is 1. The van der Waals surface area contributed by atoms with E-state index >= 15 is 0 Å². The number of anilines is 1. The predicted molar refractivity (Wildman–Crippen MR) is 126 cm³/mol. The minimum atomic E-state index is -0.331. The Hall–Kier alpha value is -3.52. The lowest BCUT2D eigenvalue weighted by atomic mass is 9.99. The summed E-state index contributed by atoms with van der Waals surface area (Å²) in [6.07, 6.45) is 6.86. The maximum atomic E-state index is 12.6. The van der Waals surface area contributed by atoms with Crippen molar-refractivity contribution in [1.29, 1.82) is 5.26 Å². The Morgan fingerprint density at radius 2 is 1.94 bits per heavy atom. The lowest BCUT2D eigenvalue weighted by Gasteiger charge is -2.22. The Bertz CT molecular complexity index is 1180. The van der Waals surface area contributed by atoms with Gasteiger partial charge >= 0.3 is 0 Å². The molecule has 2 N–H and O–H groups in total. The zero-order valence-electron chi connectivity index (χ0n) is 18.2. The average molecular weight is 413 g/mol. The van der Waals surface area contributed by atoms with Gasteiger partial charge in [0, 0.05) is 42.4 Å². The minimum absolute atomic E-state index is 0.135. The summed E-state index contributed by atoms with van der Waals surface area (Å²) in [4.78, 5) is 18.3. The topological polar surface area (TPSA) is 71.9 Å². The first kappa shape index (κ1) is 20.7. The monoisotopic (exact) mass is 412 g/mol. The third-order valence-corrected chi connectivity index (χ3v) is 6.27. The highest BCUT2D eigenvalue weighted by Gasteiger charge is 2.17. The van der Waals surface area contributed by atoms with Crippen LogP contribution in [0.4, 0.5) is 5.69 Å². The van der Waals surface area contributed by atoms with Crippen LogP contribution in [-0.2, 0) is 11.2 Å². The van der Waals surface area contributed by atoms with Crippen LogP contribution in [0, 0.1) is 25.2 Å². The molecule has 0 radical (unpaired) electrons. The number of hydrogen-bond donors (Lipinski definition) is 2. The first-order chi connectivity index (χ1) is 15.1. The number of rotatable bonds is 6. The standard InChI is InChI=1S/C26H28N4O/c1-18-19(2)25(30-13-5-6-14-30)10-9-20(18)15-22(16-27)26(31)28-12-11-21-17-29-24-8-4-3-7-23(21)24/h3-4,7-10,15,17,29H,5-6,11-14H2,1-2H3,(H,28,31). The van der Waals surface area contributed by atoms with E-state index in [-0.39, 0.29) is 11.5 Å². The van der Waals surface area contributed by atoms with Gasteiger partial charge in [-0.05, 0) is 73.6 Å². The van der Waals surface area contributed by atoms with Crippen molar-refractivity contribution >= 4 is 28.6 Å². The maximum Gasteiger partial charge on any atom is 0.261 e. The van der Waals surface area contributed by atoms with Crippen LogP contribution < -0.4 is 10.2 Å². The number of para-hydroxylation sites is 1. The summed E-state index contributed by atoms with van der Waals surface area (Å²) < 4.78 is 0. The van der Waals surface area contributed by atoms with E-state index in [2.05, 4.69) is 47.3 Å². The number of carbonyl (C=O) groups is 1. The van der Waals surface area contributed by atoms with Crippen molar-refractivity contribution in [3.63, 3.8) is 0 Å². The first-order valence-electron chi connectivity index (χ1n) is 10.9. The van der Waals surface area contributed by atoms with Gasteiger partial charge in [-0.2, -0.15) is 5.26 Å². The molecule has 31 heavy (non-hydrogen) atoms. The van der Waals surface area contributed by atoms with Crippen LogP contribution in [-0.4, -0.2) is 30.5 Å². The second kappa shape index (κ2) is 9.09. The molecule has 5 nitrogen and oxygen atoms in total. The van der Waals surface area contributed by atoms with Crippen LogP contribution in [0.2, 0.25) is 0 Å². The molecule has 1 aliphatic heterocycles. The Morgan fingerprint density at radius 3 is 2.71 bits per heavy atom. The fourth-order valence-electron chi connectivity index (χ4n) is 4.33. The quantitative estimate of drug-likeness (QED) is 0.457. The smallest absolute Gasteiger partial charge is 0.261 e. The molecule has 158 valence electrons. The van der Waals surface area contributed by atoms with Crippen LogP contribution in [0.1, 0.15) is 35.1 Å². The lowest BCUT2D eigenvalue weighted by molar-refractivity contribution is -0.117. The van der Waals surface area contributed by atoms with Gasteiger partial charge in [-0.3, -0.25) is 4.79 Å². The molecule has 1 amide bonds. The number of nitrogens with zero attached hydrogens (tertiary/aromatic N) is 2. The molecule has 1 saturated heterocycles. The van der Waals surface area contributed by atoms with E-state index in [0.717, 1.165) is 40.7 Å². The summed E-state index contributed by atoms with van der Waals surface area (Å²) in [7, 11) is 0. The number of aromatic nitrogens is 1. The van der Waals surface area contributed by atoms with Crippen molar-refractivity contribution < 1.29 is 4.79 Å². The van der Waals surface area contributed by atoms with Gasteiger partial charge in [0.15, 0.2) is 0 Å². The minimum Gasteiger partial charge on any atom is -0.371 e. The number of fused-ring (bicyclic) bond motifs is 1. The molecule has 1 fully saturated rings. The van der Waals surface area contributed by atoms with Gasteiger partial charge in [0.25, 0.3) is 5.91 Å². The van der Waals surface area contributed by atoms with Crippen LogP contribution in [0.5, 0.6) is 0 Å². The van der Waals surface area contributed by atoms with Gasteiger partial charge in [0.2, 0.25) is 0 Å². The molecule has 1 aliphatic rings. The van der Waals surface area contributed by atoms with Crippen molar-refractivity contribution in [2.24, 2.45) is 0 Å². The van der Waals surface area contributed by atoms with E-state index in [1.807, 2.05) is 30.5 Å². The summed E-state index contributed by atoms with van der Waals surface area (Å²) in [5, 5.41) is 13.6. The molecule has 4 rings (SSSR count). The maximum absolute atomic E-state index is 12.6. The highest BCUT2D eigenvalue weighted by atomic mass is 16.1. The molecule has 0 bridgehead atoms. The van der Waals surface area contributed by atoms with Crippen molar-refractivity contribution in [1.82, 2.24) is 10.3 Å². The Kier molecular flexibility index (Phi) is 6.08. The summed E-state index contributed by atoms with van der Waals surface area (Å²) in [6, 6.07) is 14.3. The van der Waals surface area contributed by atoms with Gasteiger partial charge in [-0.1, -0.05) is 24.3 Å². The predicted octanol–water partition coefficient (Wildman–Crippen LogP) is 4.65. The summed E-state index contributed by atoms with van der Waals surface area (Å²) >= 11 is 0. The number of aromatic amines is 1. The average Bonchev–Trinajstić information content (AvgIpc) is 3.45. The molecule has 0 aliphatic carbocycles. The molecule has 2 aromatic carbocycles. The number of nitriles is 1. The second-order valence-electron chi connectivity index (χ2n) is 8.15. The third-order valence-electron chi connectivity index (χ3n) is 6.27. The third kappa shape index (κ3) is 4.34. The molecule has 5 heteroatoms. The number of hydrogen-bond acceptors (Lipinski definition) is 3. The Balaban J connectivity index is 1.44. The first-order valence-corrected chi connectivity index (χ1v) is 10.9. The fraction of sp³-hybridized carbons (Fsp3) is 0.308. The van der Waals surface area contributed by atoms with Crippen molar-refractivity contribution in [3.05, 3.63) is 70.4 Å². The van der Waals surface area contributed by atoms with E-state index in [1.54, 1.807) is 6.08 Å². The van der Waals surface area contributed by atoms with Crippen LogP contribution in [0.25, 0.3) is 17.0 Å². The zero-order valence-corrected chi connectivity index (χ0v) is 18.2. The van der Waals surface area contributed by atoms with Crippen molar-refractivity contribution in [2.75, 3.05) is 24.5 Å². The Labute approximate surface area is 183 Å². The van der Waals surface area contributed by atoms with E-state index in [9.17, 15) is 10.1 Å². The molecule has 2 heterocycles. The van der Waals surface area contributed by atoms with Crippen LogP contribution in [0.3, 0.4) is 0 Å². The molecule has 3 aromatic rings. The highest BCUT2D eigenvalue weighted by Crippen LogP contribution is 2.29. The number of amides is 1. The van der Waals surface area contributed by atoms with E-state index in [1.165, 1.54) is 24.1 Å². The number of benzene rings is 2. The van der Waals surface area contributed by atoms with Crippen LogP contribution in [0.15, 0.2) is 48.2 Å². The number of carbonyl (C=O) groups excluding carboxylic acids is 1. The summed E-state index contributed by atoms with van der Waals surface area (Å²) in [5.41, 5.74) is 6.89. The second-order valence-corrected chi connectivity index (χ2v) is 8.15. The zero-order chi connectivity index (χ0) is 21.8. The van der Waals surface area contributed by atoms with Gasteiger partial charge in [0.05, 0.1) is 0 Å². The molecule has 1 aromatic heterocycles. The van der Waals surface area contributed by atoms with E-state index < -0.39 is 0 Å². The lowest BCUT2D eigenvalue weighted by Crippen LogP contribution is -2.26. The molecular weight excluding hydrogens is 384 g/mol. The summed E-state index contributed by atoms with van der Waals surface area (Å²) in [6.45, 7) is 6.85. The molecule has 0 saturated carbocycles. The van der Waals surface area contributed by atoms with Crippen molar-refractivity contribution in [2.45, 2.75) is 33.1 Å². The van der Waals surface area contributed by atoms with Crippen LogP contribution >= 0.6 is 0 Å². The van der Waals surface area contributed by atoms with Gasteiger partial charge < -0.3 is 15.2 Å². The summed E-state index contributed by atoms with van der Waals surface area (Å²) in [5.74, 6) is -0.331.